The van der Waals surface area contributed by atoms with Crippen LogP contribution in [-0.2, 0) is 4.74 Å². The first-order valence-corrected chi connectivity index (χ1v) is 6.43. The number of aryl methyl sites for hydroxylation is 3. The quantitative estimate of drug-likeness (QED) is 0.736. The van der Waals surface area contributed by atoms with E-state index in [-0.39, 0.29) is 11.4 Å². The second-order valence-electron chi connectivity index (χ2n) is 5.66. The lowest BCUT2D eigenvalue weighted by Crippen LogP contribution is -2.23. The van der Waals surface area contributed by atoms with Crippen LogP contribution in [-0.4, -0.2) is 18.5 Å². The van der Waals surface area contributed by atoms with Gasteiger partial charge in [0.2, 0.25) is 0 Å². The maximum absolute atomic E-state index is 12.3. The van der Waals surface area contributed by atoms with E-state index in [2.05, 4.69) is 19.1 Å². The Labute approximate surface area is 110 Å². The van der Waals surface area contributed by atoms with Gasteiger partial charge in [0.05, 0.1) is 5.60 Å². The Morgan fingerprint density at radius 2 is 1.67 bits per heavy atom. The van der Waals surface area contributed by atoms with Crippen molar-refractivity contribution < 1.29 is 9.53 Å². The van der Waals surface area contributed by atoms with E-state index >= 15 is 0 Å². The van der Waals surface area contributed by atoms with Gasteiger partial charge in [-0.25, -0.2) is 0 Å². The summed E-state index contributed by atoms with van der Waals surface area (Å²) < 4.78 is 5.35. The number of carbonyl (C=O) groups is 1. The minimum Gasteiger partial charge on any atom is -0.379 e. The number of rotatable bonds is 5. The van der Waals surface area contributed by atoms with Crippen molar-refractivity contribution in [3.8, 4) is 0 Å². The third-order valence-electron chi connectivity index (χ3n) is 3.46. The highest BCUT2D eigenvalue weighted by Crippen LogP contribution is 2.22. The van der Waals surface area contributed by atoms with Crippen molar-refractivity contribution in [2.45, 2.75) is 53.1 Å². The van der Waals surface area contributed by atoms with E-state index in [1.165, 1.54) is 5.56 Å². The zero-order chi connectivity index (χ0) is 13.9. The molecule has 0 saturated carbocycles. The maximum atomic E-state index is 12.3. The van der Waals surface area contributed by atoms with E-state index in [1.807, 2.05) is 27.7 Å². The topological polar surface area (TPSA) is 26.3 Å². The third kappa shape index (κ3) is 3.67. The number of ether oxygens (including phenoxy) is 1. The molecule has 0 saturated heterocycles. The summed E-state index contributed by atoms with van der Waals surface area (Å²) in [5.41, 5.74) is 4.01. The van der Waals surface area contributed by atoms with Crippen LogP contribution in [0.4, 0.5) is 0 Å². The van der Waals surface area contributed by atoms with Crippen LogP contribution in [0, 0.1) is 20.8 Å². The molecule has 0 fully saturated rings. The molecule has 1 rings (SSSR count). The van der Waals surface area contributed by atoms with Crippen molar-refractivity contribution in [1.29, 1.82) is 0 Å². The Kier molecular flexibility index (Phi) is 4.69. The summed E-state index contributed by atoms with van der Waals surface area (Å²) in [6.07, 6.45) is 1.28. The molecule has 1 aromatic carbocycles. The van der Waals surface area contributed by atoms with E-state index in [0.717, 1.165) is 23.1 Å². The molecule has 0 N–H and O–H groups in total. The van der Waals surface area contributed by atoms with Crippen molar-refractivity contribution in [2.24, 2.45) is 0 Å². The van der Waals surface area contributed by atoms with Crippen LogP contribution in [0.15, 0.2) is 12.1 Å². The monoisotopic (exact) mass is 248 g/mol. The molecule has 0 unspecified atom stereocenters. The Morgan fingerprint density at radius 1 is 1.17 bits per heavy atom. The molecule has 0 spiro atoms. The Hall–Kier alpha value is -1.15. The fraction of sp³-hybridized carbons (Fsp3) is 0.562. The zero-order valence-corrected chi connectivity index (χ0v) is 12.4. The summed E-state index contributed by atoms with van der Waals surface area (Å²) in [4.78, 5) is 12.3. The molecule has 18 heavy (non-hydrogen) atoms. The predicted molar refractivity (Wildman–Crippen MR) is 75.3 cm³/mol. The highest BCUT2D eigenvalue weighted by atomic mass is 16.5. The molecule has 2 nitrogen and oxygen atoms in total. The molecular formula is C16H24O2. The minimum absolute atomic E-state index is 0.218. The number of hydrogen-bond donors (Lipinski definition) is 0. The van der Waals surface area contributed by atoms with Crippen molar-refractivity contribution in [2.75, 3.05) is 7.11 Å². The lowest BCUT2D eigenvalue weighted by atomic mass is 9.92. The molecule has 0 aliphatic carbocycles. The summed E-state index contributed by atoms with van der Waals surface area (Å²) in [5.74, 6) is 0.218. The van der Waals surface area contributed by atoms with Crippen molar-refractivity contribution in [3.05, 3.63) is 34.4 Å². The number of ketones is 1. The summed E-state index contributed by atoms with van der Waals surface area (Å²) in [5, 5.41) is 0. The molecule has 0 aliphatic rings. The molecule has 0 heterocycles. The average molecular weight is 248 g/mol. The normalized spacial score (nSPS) is 11.7. The Bertz CT molecular complexity index is 421. The number of benzene rings is 1. The Morgan fingerprint density at radius 3 is 2.11 bits per heavy atom. The van der Waals surface area contributed by atoms with Crippen LogP contribution in [0.1, 0.15) is 53.7 Å². The summed E-state index contributed by atoms with van der Waals surface area (Å²) in [7, 11) is 1.69. The van der Waals surface area contributed by atoms with E-state index in [4.69, 9.17) is 4.74 Å². The smallest absolute Gasteiger partial charge is 0.163 e. The van der Waals surface area contributed by atoms with Gasteiger partial charge < -0.3 is 4.74 Å². The molecule has 0 bridgehead atoms. The van der Waals surface area contributed by atoms with Gasteiger partial charge in [-0.15, -0.1) is 0 Å². The molecule has 100 valence electrons. The zero-order valence-electron chi connectivity index (χ0n) is 12.4. The third-order valence-corrected chi connectivity index (χ3v) is 3.46. The lowest BCUT2D eigenvalue weighted by Gasteiger charge is -2.22. The first-order chi connectivity index (χ1) is 8.26. The van der Waals surface area contributed by atoms with Crippen LogP contribution >= 0.6 is 0 Å². The van der Waals surface area contributed by atoms with E-state index in [1.54, 1.807) is 7.11 Å². The summed E-state index contributed by atoms with van der Waals surface area (Å²) in [6.45, 7) is 10.1. The number of carbonyl (C=O) groups excluding carboxylic acids is 1. The van der Waals surface area contributed by atoms with Crippen molar-refractivity contribution in [1.82, 2.24) is 0 Å². The van der Waals surface area contributed by atoms with Gasteiger partial charge in [-0.1, -0.05) is 17.7 Å². The number of methoxy groups -OCH3 is 1. The minimum atomic E-state index is -0.234. The van der Waals surface area contributed by atoms with Gasteiger partial charge in [-0.3, -0.25) is 4.79 Å². The molecule has 0 aromatic heterocycles. The predicted octanol–water partition coefficient (Wildman–Crippen LogP) is 4.00. The molecule has 0 amide bonds. The fourth-order valence-electron chi connectivity index (χ4n) is 2.26. The van der Waals surface area contributed by atoms with Gasteiger partial charge >= 0.3 is 0 Å². The first-order valence-electron chi connectivity index (χ1n) is 6.43. The molecular weight excluding hydrogens is 224 g/mol. The van der Waals surface area contributed by atoms with E-state index < -0.39 is 0 Å². The van der Waals surface area contributed by atoms with Gasteiger partial charge in [0.25, 0.3) is 0 Å². The largest absolute Gasteiger partial charge is 0.379 e. The molecule has 0 atom stereocenters. The Balaban J connectivity index is 2.86. The summed E-state index contributed by atoms with van der Waals surface area (Å²) >= 11 is 0. The van der Waals surface area contributed by atoms with Crippen LogP contribution in [0.2, 0.25) is 0 Å². The second-order valence-corrected chi connectivity index (χ2v) is 5.66. The molecule has 0 aliphatic heterocycles. The van der Waals surface area contributed by atoms with Gasteiger partial charge in [0, 0.05) is 19.1 Å². The van der Waals surface area contributed by atoms with Crippen molar-refractivity contribution >= 4 is 5.78 Å². The standard InChI is InChI=1S/C16H24O2/c1-11-9-12(2)15(13(3)10-11)14(17)7-8-16(4,5)18-6/h9-10H,7-8H2,1-6H3. The SMILES string of the molecule is COC(C)(C)CCC(=O)c1c(C)cc(C)cc1C. The van der Waals surface area contributed by atoms with Gasteiger partial charge in [-0.05, 0) is 52.2 Å². The van der Waals surface area contributed by atoms with Gasteiger partial charge in [0.1, 0.15) is 0 Å². The second kappa shape index (κ2) is 5.66. The van der Waals surface area contributed by atoms with Crippen LogP contribution in [0.3, 0.4) is 0 Å². The lowest BCUT2D eigenvalue weighted by molar-refractivity contribution is 0.0141. The first kappa shape index (κ1) is 14.9. The molecule has 1 aromatic rings. The van der Waals surface area contributed by atoms with E-state index in [9.17, 15) is 4.79 Å². The van der Waals surface area contributed by atoms with E-state index in [0.29, 0.717) is 6.42 Å². The van der Waals surface area contributed by atoms with Crippen molar-refractivity contribution in [3.63, 3.8) is 0 Å². The van der Waals surface area contributed by atoms with Crippen LogP contribution in [0.5, 0.6) is 0 Å². The average Bonchev–Trinajstić information content (AvgIpc) is 2.25. The molecule has 2 heteroatoms. The summed E-state index contributed by atoms with van der Waals surface area (Å²) in [6, 6.07) is 4.14. The molecule has 0 radical (unpaired) electrons. The number of hydrogen-bond acceptors (Lipinski definition) is 2. The fourth-order valence-corrected chi connectivity index (χ4v) is 2.26. The highest BCUT2D eigenvalue weighted by molar-refractivity contribution is 5.98. The van der Waals surface area contributed by atoms with Crippen LogP contribution < -0.4 is 0 Å². The highest BCUT2D eigenvalue weighted by Gasteiger charge is 2.20. The maximum Gasteiger partial charge on any atom is 0.163 e. The van der Waals surface area contributed by atoms with Gasteiger partial charge in [-0.2, -0.15) is 0 Å². The number of Topliss-reactive ketones (excluding diaryl/α,β-unsaturated/α-hetero) is 1. The van der Waals surface area contributed by atoms with Gasteiger partial charge in [0.15, 0.2) is 5.78 Å². The van der Waals surface area contributed by atoms with Crippen LogP contribution in [0.25, 0.3) is 0 Å².